The maximum Gasteiger partial charge on any atom is 0.194 e. The van der Waals surface area contributed by atoms with Gasteiger partial charge in [-0.25, -0.2) is 0 Å². The van der Waals surface area contributed by atoms with Crippen LogP contribution in [-0.2, 0) is 16.1 Å². The van der Waals surface area contributed by atoms with E-state index in [1.54, 1.807) is 0 Å². The third-order valence-electron chi connectivity index (χ3n) is 5.62. The number of carbonyl (C=O) groups excluding carboxylic acids is 1. The quantitative estimate of drug-likeness (QED) is 0.317. The third kappa shape index (κ3) is 3.48. The molecule has 1 aliphatic carbocycles. The highest BCUT2D eigenvalue weighted by Gasteiger charge is 2.47. The van der Waals surface area contributed by atoms with Crippen LogP contribution >= 0.6 is 0 Å². The minimum atomic E-state index is -1.73. The first-order valence-electron chi connectivity index (χ1n) is 9.57. The summed E-state index contributed by atoms with van der Waals surface area (Å²) in [6.45, 7) is -1.10. The van der Waals surface area contributed by atoms with Gasteiger partial charge in [-0.2, -0.15) is 0 Å². The molecule has 7 N–H and O–H groups in total. The minimum absolute atomic E-state index is 0.0176. The van der Waals surface area contributed by atoms with Crippen LogP contribution < -0.4 is 0 Å². The molecule has 2 unspecified atom stereocenters. The summed E-state index contributed by atoms with van der Waals surface area (Å²) in [5.74, 6) is -1.21. The van der Waals surface area contributed by atoms with Crippen LogP contribution in [0.1, 0.15) is 38.7 Å². The predicted octanol–water partition coefficient (Wildman–Crippen LogP) is -0.960. The van der Waals surface area contributed by atoms with E-state index in [0.717, 1.165) is 0 Å². The van der Waals surface area contributed by atoms with Gasteiger partial charge in [-0.3, -0.25) is 4.79 Å². The van der Waals surface area contributed by atoms with Crippen molar-refractivity contribution in [1.82, 2.24) is 0 Å². The van der Waals surface area contributed by atoms with Crippen LogP contribution in [0.2, 0.25) is 0 Å². The summed E-state index contributed by atoms with van der Waals surface area (Å²) in [7, 11) is 0. The molecular weight excluding hydrogens is 412 g/mol. The zero-order valence-corrected chi connectivity index (χ0v) is 16.1. The molecule has 0 bridgehead atoms. The Labute approximate surface area is 176 Å². The normalized spacial score (nSPS) is 30.0. The van der Waals surface area contributed by atoms with E-state index in [-0.39, 0.29) is 33.6 Å². The lowest BCUT2D eigenvalue weighted by Gasteiger charge is -2.41. The van der Waals surface area contributed by atoms with Gasteiger partial charge in [-0.05, 0) is 23.8 Å². The largest absolute Gasteiger partial charge is 0.508 e. The average Bonchev–Trinajstić information content (AvgIpc) is 2.76. The second-order valence-electron chi connectivity index (χ2n) is 7.52. The van der Waals surface area contributed by atoms with Gasteiger partial charge in [0.2, 0.25) is 0 Å². The van der Waals surface area contributed by atoms with Crippen molar-refractivity contribution in [3.05, 3.63) is 58.1 Å². The maximum atomic E-state index is 13.0. The Balaban J connectivity index is 1.83. The summed E-state index contributed by atoms with van der Waals surface area (Å²) in [5, 5.41) is 70.3. The zero-order chi connectivity index (χ0) is 22.4. The molecule has 1 heterocycles. The lowest BCUT2D eigenvalue weighted by molar-refractivity contribution is -0.309. The van der Waals surface area contributed by atoms with Gasteiger partial charge in [0, 0.05) is 22.3 Å². The number of ketones is 1. The number of hydrogen-bond donors (Lipinski definition) is 7. The average molecular weight is 434 g/mol. The van der Waals surface area contributed by atoms with E-state index in [2.05, 4.69) is 0 Å². The molecule has 31 heavy (non-hydrogen) atoms. The van der Waals surface area contributed by atoms with Crippen molar-refractivity contribution in [2.75, 3.05) is 6.61 Å². The van der Waals surface area contributed by atoms with Gasteiger partial charge >= 0.3 is 0 Å². The number of hydrogen-bond acceptors (Lipinski definition) is 10. The molecule has 4 rings (SSSR count). The molecule has 2 aromatic rings. The van der Waals surface area contributed by atoms with Crippen LogP contribution in [0.4, 0.5) is 0 Å². The van der Waals surface area contributed by atoms with Crippen molar-refractivity contribution in [2.24, 2.45) is 0 Å². The standard InChI is InChI=1S/C21H22O10/c22-6-8-4-10-15(12(25)5-8)20(14-9(16(10)26)2-1-3-11(14)24)31-21-19(29)18(28)17(27)13(7-23)30-21/h1-5,13,17-25,27-29H,6-7H2/t13-,17-,18+,19-,20?,21?/m1/s1. The minimum Gasteiger partial charge on any atom is -0.508 e. The molecule has 0 amide bonds. The monoisotopic (exact) mass is 434 g/mol. The van der Waals surface area contributed by atoms with E-state index >= 15 is 0 Å². The molecule has 10 nitrogen and oxygen atoms in total. The van der Waals surface area contributed by atoms with Crippen LogP contribution in [-0.4, -0.2) is 78.8 Å². The summed E-state index contributed by atoms with van der Waals surface area (Å²) in [6, 6.07) is 6.85. The molecule has 10 heteroatoms. The van der Waals surface area contributed by atoms with Crippen molar-refractivity contribution < 1.29 is 50.0 Å². The van der Waals surface area contributed by atoms with Gasteiger partial charge in [0.1, 0.15) is 42.0 Å². The van der Waals surface area contributed by atoms with Gasteiger partial charge in [0.05, 0.1) is 13.2 Å². The molecular formula is C21H22O10. The number of ether oxygens (including phenoxy) is 2. The summed E-state index contributed by atoms with van der Waals surface area (Å²) in [5.41, 5.74) is 0.380. The number of phenolic OH excluding ortho intramolecular Hbond substituents is 2. The smallest absolute Gasteiger partial charge is 0.194 e. The fourth-order valence-electron chi connectivity index (χ4n) is 4.02. The second-order valence-corrected chi connectivity index (χ2v) is 7.52. The van der Waals surface area contributed by atoms with Crippen molar-refractivity contribution in [3.63, 3.8) is 0 Å². The number of aliphatic hydroxyl groups excluding tert-OH is 5. The number of fused-ring (bicyclic) bond motifs is 2. The van der Waals surface area contributed by atoms with E-state index in [1.165, 1.54) is 30.3 Å². The molecule has 2 aromatic carbocycles. The Morgan fingerprint density at radius 3 is 2.29 bits per heavy atom. The highest BCUT2D eigenvalue weighted by molar-refractivity contribution is 6.13. The van der Waals surface area contributed by atoms with Crippen molar-refractivity contribution in [1.29, 1.82) is 0 Å². The van der Waals surface area contributed by atoms with Crippen LogP contribution in [0.15, 0.2) is 30.3 Å². The fraction of sp³-hybridized carbons (Fsp3) is 0.381. The van der Waals surface area contributed by atoms with Crippen molar-refractivity contribution in [2.45, 2.75) is 43.4 Å². The predicted molar refractivity (Wildman–Crippen MR) is 102 cm³/mol. The molecule has 0 radical (unpaired) electrons. The Bertz CT molecular complexity index is 1000. The van der Waals surface area contributed by atoms with E-state index in [1.807, 2.05) is 0 Å². The highest BCUT2D eigenvalue weighted by Crippen LogP contribution is 2.46. The summed E-state index contributed by atoms with van der Waals surface area (Å²) in [4.78, 5) is 13.0. The van der Waals surface area contributed by atoms with E-state index in [0.29, 0.717) is 0 Å². The van der Waals surface area contributed by atoms with Crippen LogP contribution in [0.5, 0.6) is 11.5 Å². The number of phenols is 2. The van der Waals surface area contributed by atoms with Gasteiger partial charge < -0.3 is 45.2 Å². The SMILES string of the molecule is O=C1c2cccc(O)c2C(OC2O[C@H](CO)[C@@H](O)[C@H](O)[C@H]2O)c2c(O)cc(CO)cc21. The zero-order valence-electron chi connectivity index (χ0n) is 16.1. The van der Waals surface area contributed by atoms with E-state index < -0.39 is 61.6 Å². The Hall–Kier alpha value is -2.57. The fourth-order valence-corrected chi connectivity index (χ4v) is 4.02. The topological polar surface area (TPSA) is 177 Å². The molecule has 6 atom stereocenters. The van der Waals surface area contributed by atoms with Gasteiger partial charge in [-0.1, -0.05) is 12.1 Å². The van der Waals surface area contributed by atoms with E-state index in [4.69, 9.17) is 9.47 Å². The molecule has 0 saturated carbocycles. The number of carbonyl (C=O) groups is 1. The summed E-state index contributed by atoms with van der Waals surface area (Å²) >= 11 is 0. The first-order valence-corrected chi connectivity index (χ1v) is 9.57. The van der Waals surface area contributed by atoms with Crippen LogP contribution in [0.3, 0.4) is 0 Å². The lowest BCUT2D eigenvalue weighted by atomic mass is 9.81. The first kappa shape index (κ1) is 21.7. The second kappa shape index (κ2) is 8.17. The van der Waals surface area contributed by atoms with E-state index in [9.17, 15) is 40.5 Å². The molecule has 166 valence electrons. The molecule has 1 saturated heterocycles. The molecule has 1 fully saturated rings. The summed E-state index contributed by atoms with van der Waals surface area (Å²) in [6.07, 6.45) is -9.14. The van der Waals surface area contributed by atoms with Crippen molar-refractivity contribution in [3.8, 4) is 11.5 Å². The third-order valence-corrected chi connectivity index (χ3v) is 5.62. The molecule has 1 aliphatic heterocycles. The van der Waals surface area contributed by atoms with Gasteiger partial charge in [0.25, 0.3) is 0 Å². The number of aromatic hydroxyl groups is 2. The Morgan fingerprint density at radius 2 is 1.61 bits per heavy atom. The number of aliphatic hydroxyl groups is 5. The molecule has 2 aliphatic rings. The first-order chi connectivity index (χ1) is 14.8. The molecule has 0 aromatic heterocycles. The maximum absolute atomic E-state index is 13.0. The number of benzene rings is 2. The van der Waals surface area contributed by atoms with Gasteiger partial charge in [0.15, 0.2) is 12.1 Å². The van der Waals surface area contributed by atoms with Crippen LogP contribution in [0, 0.1) is 0 Å². The Kier molecular flexibility index (Phi) is 5.71. The van der Waals surface area contributed by atoms with Crippen LogP contribution in [0.25, 0.3) is 0 Å². The highest BCUT2D eigenvalue weighted by atomic mass is 16.7. The van der Waals surface area contributed by atoms with Gasteiger partial charge in [-0.15, -0.1) is 0 Å². The van der Waals surface area contributed by atoms with Crippen molar-refractivity contribution >= 4 is 5.78 Å². The number of rotatable bonds is 4. The Morgan fingerprint density at radius 1 is 0.903 bits per heavy atom. The lowest BCUT2D eigenvalue weighted by Crippen LogP contribution is -2.59. The summed E-state index contributed by atoms with van der Waals surface area (Å²) < 4.78 is 11.2. The molecule has 0 spiro atoms.